The zero-order valence-corrected chi connectivity index (χ0v) is 17.2. The fourth-order valence-corrected chi connectivity index (χ4v) is 4.55. The Kier molecular flexibility index (Phi) is 5.13. The zero-order chi connectivity index (χ0) is 22.2. The maximum absolute atomic E-state index is 14.0. The molecule has 3 heterocycles. The molecule has 2 aliphatic heterocycles. The quantitative estimate of drug-likeness (QED) is 0.681. The number of urea groups is 1. The predicted molar refractivity (Wildman–Crippen MR) is 115 cm³/mol. The predicted octanol–water partition coefficient (Wildman–Crippen LogP) is 3.69. The van der Waals surface area contributed by atoms with E-state index in [1.54, 1.807) is 9.80 Å². The second-order valence-corrected chi connectivity index (χ2v) is 8.09. The standard InChI is InChI=1S/C24H22F2N4O2/c25-19-9-8-16(13-20(19)26)23-21-7-4-10-28(21)11-12-29(23)24(32)27-17-14-22(31)30(15-17)18-5-2-1-3-6-18/h1-10,13,17,23H,11-12,14-15H2,(H,27,32). The van der Waals surface area contributed by atoms with E-state index >= 15 is 0 Å². The highest BCUT2D eigenvalue weighted by Gasteiger charge is 2.36. The topological polar surface area (TPSA) is 57.6 Å². The van der Waals surface area contributed by atoms with Gasteiger partial charge in [0.05, 0.1) is 12.1 Å². The number of benzene rings is 2. The largest absolute Gasteiger partial charge is 0.348 e. The first kappa shape index (κ1) is 20.2. The minimum absolute atomic E-state index is 0.0498. The van der Waals surface area contributed by atoms with E-state index in [1.807, 2.05) is 53.2 Å². The number of hydrogen-bond acceptors (Lipinski definition) is 2. The van der Waals surface area contributed by atoms with Crippen molar-refractivity contribution in [2.75, 3.05) is 18.0 Å². The van der Waals surface area contributed by atoms with Gasteiger partial charge in [0.25, 0.3) is 0 Å². The Labute approximate surface area is 184 Å². The zero-order valence-electron chi connectivity index (χ0n) is 17.2. The van der Waals surface area contributed by atoms with Gasteiger partial charge in [-0.15, -0.1) is 0 Å². The lowest BCUT2D eigenvalue weighted by Crippen LogP contribution is -2.50. The van der Waals surface area contributed by atoms with Crippen LogP contribution in [0.25, 0.3) is 0 Å². The molecule has 2 atom stereocenters. The molecule has 164 valence electrons. The molecule has 2 aliphatic rings. The molecule has 3 amide bonds. The summed E-state index contributed by atoms with van der Waals surface area (Å²) in [6.45, 7) is 1.38. The van der Waals surface area contributed by atoms with E-state index in [1.165, 1.54) is 6.07 Å². The smallest absolute Gasteiger partial charge is 0.318 e. The van der Waals surface area contributed by atoms with Gasteiger partial charge in [-0.1, -0.05) is 24.3 Å². The van der Waals surface area contributed by atoms with Crippen LogP contribution in [-0.4, -0.2) is 40.5 Å². The number of fused-ring (bicyclic) bond motifs is 1. The summed E-state index contributed by atoms with van der Waals surface area (Å²) < 4.78 is 29.5. The monoisotopic (exact) mass is 436 g/mol. The number of hydrogen-bond donors (Lipinski definition) is 1. The van der Waals surface area contributed by atoms with Crippen LogP contribution in [0, 0.1) is 11.6 Å². The van der Waals surface area contributed by atoms with Crippen molar-refractivity contribution in [3.05, 3.63) is 89.8 Å². The van der Waals surface area contributed by atoms with Crippen molar-refractivity contribution < 1.29 is 18.4 Å². The molecule has 3 aromatic rings. The highest BCUT2D eigenvalue weighted by Crippen LogP contribution is 2.33. The number of aromatic nitrogens is 1. The molecule has 0 radical (unpaired) electrons. The van der Waals surface area contributed by atoms with Gasteiger partial charge >= 0.3 is 6.03 Å². The van der Waals surface area contributed by atoms with Gasteiger partial charge in [-0.05, 0) is 42.0 Å². The molecule has 0 saturated carbocycles. The van der Waals surface area contributed by atoms with Crippen molar-refractivity contribution >= 4 is 17.6 Å². The highest BCUT2D eigenvalue weighted by atomic mass is 19.2. The second-order valence-electron chi connectivity index (χ2n) is 8.09. The van der Waals surface area contributed by atoms with Crippen LogP contribution >= 0.6 is 0 Å². The van der Waals surface area contributed by atoms with E-state index in [0.717, 1.165) is 23.5 Å². The van der Waals surface area contributed by atoms with Crippen LogP contribution in [0.4, 0.5) is 19.3 Å². The van der Waals surface area contributed by atoms with Crippen LogP contribution in [0.3, 0.4) is 0 Å². The van der Waals surface area contributed by atoms with E-state index in [9.17, 15) is 18.4 Å². The van der Waals surface area contributed by atoms with E-state index in [4.69, 9.17) is 0 Å². The summed E-state index contributed by atoms with van der Waals surface area (Å²) in [5.74, 6) is -1.93. The number of rotatable bonds is 3. The molecule has 2 unspecified atom stereocenters. The number of para-hydroxylation sites is 1. The SMILES string of the molecule is O=C1CC(NC(=O)N2CCn3cccc3C2c2ccc(F)c(F)c2)CN1c1ccccc1. The average Bonchev–Trinajstić information content (AvgIpc) is 3.42. The Morgan fingerprint density at radius 2 is 1.78 bits per heavy atom. The maximum atomic E-state index is 14.0. The van der Waals surface area contributed by atoms with Gasteiger partial charge in [-0.2, -0.15) is 0 Å². The number of nitrogens with zero attached hydrogens (tertiary/aromatic N) is 3. The lowest BCUT2D eigenvalue weighted by atomic mass is 10.00. The lowest BCUT2D eigenvalue weighted by molar-refractivity contribution is -0.117. The van der Waals surface area contributed by atoms with Crippen LogP contribution in [-0.2, 0) is 11.3 Å². The molecule has 5 rings (SSSR count). The van der Waals surface area contributed by atoms with Crippen LogP contribution in [0.1, 0.15) is 23.7 Å². The number of carbonyl (C=O) groups is 2. The van der Waals surface area contributed by atoms with Crippen molar-refractivity contribution in [1.29, 1.82) is 0 Å². The normalized spacial score (nSPS) is 20.4. The third-order valence-electron chi connectivity index (χ3n) is 6.08. The highest BCUT2D eigenvalue weighted by molar-refractivity contribution is 5.96. The Balaban J connectivity index is 1.38. The summed E-state index contributed by atoms with van der Waals surface area (Å²) >= 11 is 0. The number of anilines is 1. The van der Waals surface area contributed by atoms with Gasteiger partial charge in [0, 0.05) is 43.6 Å². The van der Waals surface area contributed by atoms with Crippen LogP contribution < -0.4 is 10.2 Å². The molecule has 0 aliphatic carbocycles. The molecular formula is C24H22F2N4O2. The van der Waals surface area contributed by atoms with E-state index < -0.39 is 17.7 Å². The summed E-state index contributed by atoms with van der Waals surface area (Å²) in [6.07, 6.45) is 2.12. The minimum atomic E-state index is -0.952. The summed E-state index contributed by atoms with van der Waals surface area (Å²) in [7, 11) is 0. The fraction of sp³-hybridized carbons (Fsp3) is 0.250. The lowest BCUT2D eigenvalue weighted by Gasteiger charge is -2.37. The van der Waals surface area contributed by atoms with Crippen molar-refractivity contribution in [3.8, 4) is 0 Å². The molecule has 1 N–H and O–H groups in total. The van der Waals surface area contributed by atoms with Gasteiger partial charge in [-0.25, -0.2) is 13.6 Å². The number of amides is 3. The van der Waals surface area contributed by atoms with Gasteiger partial charge in [0.1, 0.15) is 0 Å². The van der Waals surface area contributed by atoms with Crippen molar-refractivity contribution in [3.63, 3.8) is 0 Å². The van der Waals surface area contributed by atoms with E-state index in [-0.39, 0.29) is 24.4 Å². The first-order valence-electron chi connectivity index (χ1n) is 10.5. The van der Waals surface area contributed by atoms with Gasteiger partial charge in [0.15, 0.2) is 11.6 Å². The minimum Gasteiger partial charge on any atom is -0.348 e. The summed E-state index contributed by atoms with van der Waals surface area (Å²) in [6, 6.07) is 15.6. The molecular weight excluding hydrogens is 414 g/mol. The third-order valence-corrected chi connectivity index (χ3v) is 6.08. The summed E-state index contributed by atoms with van der Waals surface area (Å²) in [4.78, 5) is 29.1. The van der Waals surface area contributed by atoms with Crippen LogP contribution in [0.5, 0.6) is 0 Å². The summed E-state index contributed by atoms with van der Waals surface area (Å²) in [5.41, 5.74) is 2.11. The Hall–Kier alpha value is -3.68. The first-order valence-corrected chi connectivity index (χ1v) is 10.5. The van der Waals surface area contributed by atoms with Crippen molar-refractivity contribution in [1.82, 2.24) is 14.8 Å². The van der Waals surface area contributed by atoms with Gasteiger partial charge in [0.2, 0.25) is 5.91 Å². The van der Waals surface area contributed by atoms with E-state index in [2.05, 4.69) is 5.32 Å². The average molecular weight is 436 g/mol. The second kappa shape index (κ2) is 8.11. The molecule has 8 heteroatoms. The number of halogens is 2. The molecule has 6 nitrogen and oxygen atoms in total. The first-order chi connectivity index (χ1) is 15.5. The van der Waals surface area contributed by atoms with Crippen LogP contribution in [0.2, 0.25) is 0 Å². The molecule has 1 fully saturated rings. The Morgan fingerprint density at radius 3 is 2.56 bits per heavy atom. The third kappa shape index (κ3) is 3.62. The fourth-order valence-electron chi connectivity index (χ4n) is 4.55. The van der Waals surface area contributed by atoms with Gasteiger partial charge < -0.3 is 19.7 Å². The maximum Gasteiger partial charge on any atom is 0.318 e. The molecule has 0 spiro atoms. The number of nitrogens with one attached hydrogen (secondary N) is 1. The Morgan fingerprint density at radius 1 is 0.969 bits per heavy atom. The Bertz CT molecular complexity index is 1160. The van der Waals surface area contributed by atoms with E-state index in [0.29, 0.717) is 25.2 Å². The summed E-state index contributed by atoms with van der Waals surface area (Å²) in [5, 5.41) is 2.97. The molecule has 1 saturated heterocycles. The van der Waals surface area contributed by atoms with Crippen LogP contribution in [0.15, 0.2) is 66.9 Å². The molecule has 32 heavy (non-hydrogen) atoms. The van der Waals surface area contributed by atoms with Gasteiger partial charge in [-0.3, -0.25) is 4.79 Å². The van der Waals surface area contributed by atoms with Crippen molar-refractivity contribution in [2.45, 2.75) is 25.0 Å². The molecule has 2 aromatic carbocycles. The molecule has 0 bridgehead atoms. The number of carbonyl (C=O) groups excluding carboxylic acids is 2. The molecule has 1 aromatic heterocycles. The van der Waals surface area contributed by atoms with Crippen molar-refractivity contribution in [2.24, 2.45) is 0 Å².